The lowest BCUT2D eigenvalue weighted by Gasteiger charge is -2.11. The molecule has 7 heteroatoms. The van der Waals surface area contributed by atoms with Crippen molar-refractivity contribution in [2.24, 2.45) is 0 Å². The number of anilines is 3. The molecule has 0 saturated carbocycles. The topological polar surface area (TPSA) is 53.2 Å². The largest absolute Gasteiger partial charge is 0.332 e. The van der Waals surface area contributed by atoms with Crippen LogP contribution in [-0.2, 0) is 4.79 Å². The third-order valence-corrected chi connectivity index (χ3v) is 5.44. The first-order valence-corrected chi connectivity index (χ1v) is 10.7. The molecule has 0 radical (unpaired) electrons. The zero-order valence-corrected chi connectivity index (χ0v) is 18.1. The number of amides is 1. The van der Waals surface area contributed by atoms with E-state index >= 15 is 0 Å². The molecule has 29 heavy (non-hydrogen) atoms. The molecule has 3 aromatic carbocycles. The van der Waals surface area contributed by atoms with Crippen LogP contribution in [0.15, 0.2) is 77.7 Å². The Bertz CT molecular complexity index is 995. The van der Waals surface area contributed by atoms with Crippen LogP contribution in [0, 0.1) is 6.92 Å². The molecule has 0 atom stereocenters. The molecule has 0 aliphatic rings. The number of benzene rings is 3. The molecule has 0 unspecified atom stereocenters. The smallest absolute Gasteiger partial charge is 0.234 e. The molecule has 0 heterocycles. The third-order valence-electron chi connectivity index (χ3n) is 3.99. The van der Waals surface area contributed by atoms with Crippen molar-refractivity contribution >= 4 is 63.7 Å². The van der Waals surface area contributed by atoms with Crippen LogP contribution in [0.2, 0.25) is 5.02 Å². The number of carbonyl (C=O) groups excluding carboxylic acids is 1. The summed E-state index contributed by atoms with van der Waals surface area (Å²) in [4.78, 5) is 13.2. The summed E-state index contributed by atoms with van der Waals surface area (Å²) < 4.78 is 0. The van der Waals surface area contributed by atoms with E-state index in [-0.39, 0.29) is 5.91 Å². The van der Waals surface area contributed by atoms with Crippen molar-refractivity contribution in [2.75, 3.05) is 21.7 Å². The molecule has 3 rings (SSSR count). The summed E-state index contributed by atoms with van der Waals surface area (Å²) in [5.41, 5.74) is 3.52. The minimum Gasteiger partial charge on any atom is -0.332 e. The summed E-state index contributed by atoms with van der Waals surface area (Å²) in [6.45, 7) is 1.93. The van der Waals surface area contributed by atoms with Crippen LogP contribution >= 0.6 is 35.6 Å². The molecule has 3 aromatic rings. The fourth-order valence-electron chi connectivity index (χ4n) is 2.51. The first-order chi connectivity index (χ1) is 14.0. The second-order valence-corrected chi connectivity index (χ2v) is 8.16. The van der Waals surface area contributed by atoms with Crippen molar-refractivity contribution in [3.8, 4) is 0 Å². The molecule has 0 fully saturated rings. The maximum Gasteiger partial charge on any atom is 0.234 e. The fraction of sp³-hybridized carbons (Fsp3) is 0.0909. The van der Waals surface area contributed by atoms with E-state index in [0.717, 1.165) is 27.5 Å². The van der Waals surface area contributed by atoms with E-state index in [0.29, 0.717) is 15.9 Å². The van der Waals surface area contributed by atoms with Gasteiger partial charge < -0.3 is 16.0 Å². The summed E-state index contributed by atoms with van der Waals surface area (Å²) in [6, 6.07) is 23.0. The zero-order chi connectivity index (χ0) is 20.6. The van der Waals surface area contributed by atoms with Crippen LogP contribution in [0.25, 0.3) is 0 Å². The van der Waals surface area contributed by atoms with E-state index in [4.69, 9.17) is 23.8 Å². The Balaban J connectivity index is 1.48. The number of hydrogen-bond acceptors (Lipinski definition) is 3. The van der Waals surface area contributed by atoms with E-state index in [1.165, 1.54) is 11.8 Å². The number of thioether (sulfide) groups is 1. The van der Waals surface area contributed by atoms with Crippen LogP contribution in [-0.4, -0.2) is 16.8 Å². The highest BCUT2D eigenvalue weighted by Crippen LogP contribution is 2.23. The lowest BCUT2D eigenvalue weighted by molar-refractivity contribution is -0.113. The first-order valence-electron chi connectivity index (χ1n) is 8.91. The standard InChI is InChI=1S/C22H20ClN3OS2/c1-15-7-8-16(23)13-20(15)26-21(27)14-29-19-11-9-18(10-12-19)25-22(28)24-17-5-3-2-4-6-17/h2-13H,14H2,1H3,(H,26,27)(H2,24,25,28). The summed E-state index contributed by atoms with van der Waals surface area (Å²) >= 11 is 12.8. The summed E-state index contributed by atoms with van der Waals surface area (Å²) in [6.07, 6.45) is 0. The van der Waals surface area contributed by atoms with Gasteiger partial charge in [0.05, 0.1) is 5.75 Å². The van der Waals surface area contributed by atoms with Gasteiger partial charge in [0.2, 0.25) is 5.91 Å². The molecule has 0 aliphatic carbocycles. The van der Waals surface area contributed by atoms with Gasteiger partial charge >= 0.3 is 0 Å². The molecule has 0 spiro atoms. The summed E-state index contributed by atoms with van der Waals surface area (Å²) in [7, 11) is 0. The highest BCUT2D eigenvalue weighted by Gasteiger charge is 2.07. The lowest BCUT2D eigenvalue weighted by Crippen LogP contribution is -2.18. The Morgan fingerprint density at radius 1 is 0.931 bits per heavy atom. The van der Waals surface area contributed by atoms with Gasteiger partial charge in [-0.1, -0.05) is 35.9 Å². The van der Waals surface area contributed by atoms with E-state index < -0.39 is 0 Å². The lowest BCUT2D eigenvalue weighted by atomic mass is 10.2. The Hall–Kier alpha value is -2.54. The quantitative estimate of drug-likeness (QED) is 0.314. The average Bonchev–Trinajstić information content (AvgIpc) is 2.71. The zero-order valence-electron chi connectivity index (χ0n) is 15.7. The van der Waals surface area contributed by atoms with E-state index in [9.17, 15) is 4.79 Å². The van der Waals surface area contributed by atoms with Crippen molar-refractivity contribution in [3.63, 3.8) is 0 Å². The van der Waals surface area contributed by atoms with Crippen LogP contribution in [0.3, 0.4) is 0 Å². The fourth-order valence-corrected chi connectivity index (χ4v) is 3.62. The van der Waals surface area contributed by atoms with Crippen LogP contribution in [0.4, 0.5) is 17.1 Å². The molecule has 3 N–H and O–H groups in total. The van der Waals surface area contributed by atoms with Crippen molar-refractivity contribution in [3.05, 3.63) is 83.4 Å². The van der Waals surface area contributed by atoms with Crippen molar-refractivity contribution < 1.29 is 4.79 Å². The van der Waals surface area contributed by atoms with Gasteiger partial charge in [-0.15, -0.1) is 11.8 Å². The van der Waals surface area contributed by atoms with Crippen LogP contribution in [0.5, 0.6) is 0 Å². The molecule has 0 aromatic heterocycles. The predicted octanol–water partition coefficient (Wildman–Crippen LogP) is 6.19. The Morgan fingerprint density at radius 3 is 2.28 bits per heavy atom. The monoisotopic (exact) mass is 441 g/mol. The highest BCUT2D eigenvalue weighted by molar-refractivity contribution is 8.00. The van der Waals surface area contributed by atoms with Crippen molar-refractivity contribution in [2.45, 2.75) is 11.8 Å². The summed E-state index contributed by atoms with van der Waals surface area (Å²) in [5, 5.41) is 10.3. The normalized spacial score (nSPS) is 10.3. The number of para-hydroxylation sites is 1. The second-order valence-electron chi connectivity index (χ2n) is 6.27. The molecule has 0 saturated heterocycles. The number of carbonyl (C=O) groups is 1. The van der Waals surface area contributed by atoms with Gasteiger partial charge in [0.15, 0.2) is 5.11 Å². The van der Waals surface area contributed by atoms with E-state index in [2.05, 4.69) is 16.0 Å². The summed E-state index contributed by atoms with van der Waals surface area (Å²) in [5.74, 6) is 0.239. The molecule has 0 aliphatic heterocycles. The molecule has 148 valence electrons. The minimum absolute atomic E-state index is 0.0733. The minimum atomic E-state index is -0.0733. The van der Waals surface area contributed by atoms with Gasteiger partial charge in [-0.25, -0.2) is 0 Å². The first kappa shape index (κ1) is 21.2. The average molecular weight is 442 g/mol. The predicted molar refractivity (Wildman–Crippen MR) is 128 cm³/mol. The van der Waals surface area contributed by atoms with Gasteiger partial charge in [0, 0.05) is 27.0 Å². The molecule has 0 bridgehead atoms. The third kappa shape index (κ3) is 6.78. The van der Waals surface area contributed by atoms with Crippen LogP contribution < -0.4 is 16.0 Å². The number of thiocarbonyl (C=S) groups is 1. The Morgan fingerprint density at radius 2 is 1.59 bits per heavy atom. The van der Waals surface area contributed by atoms with Gasteiger partial charge in [0.25, 0.3) is 0 Å². The van der Waals surface area contributed by atoms with E-state index in [1.54, 1.807) is 12.1 Å². The Kier molecular flexibility index (Phi) is 7.52. The van der Waals surface area contributed by atoms with Gasteiger partial charge in [-0.3, -0.25) is 4.79 Å². The molecule has 4 nitrogen and oxygen atoms in total. The van der Waals surface area contributed by atoms with Crippen molar-refractivity contribution in [1.29, 1.82) is 0 Å². The SMILES string of the molecule is Cc1ccc(Cl)cc1NC(=O)CSc1ccc(NC(=S)Nc2ccccc2)cc1. The van der Waals surface area contributed by atoms with Crippen LogP contribution in [0.1, 0.15) is 5.56 Å². The number of rotatable bonds is 6. The van der Waals surface area contributed by atoms with Gasteiger partial charge in [-0.05, 0) is 73.2 Å². The maximum atomic E-state index is 12.2. The second kappa shape index (κ2) is 10.3. The van der Waals surface area contributed by atoms with E-state index in [1.807, 2.05) is 67.6 Å². The number of hydrogen-bond donors (Lipinski definition) is 3. The van der Waals surface area contributed by atoms with Gasteiger partial charge in [-0.2, -0.15) is 0 Å². The number of aryl methyl sites for hydroxylation is 1. The number of nitrogens with one attached hydrogen (secondary N) is 3. The Labute approximate surface area is 185 Å². The maximum absolute atomic E-state index is 12.2. The molecular weight excluding hydrogens is 422 g/mol. The molecule has 1 amide bonds. The highest BCUT2D eigenvalue weighted by atomic mass is 35.5. The molecular formula is C22H20ClN3OS2. The number of halogens is 1. The van der Waals surface area contributed by atoms with Crippen molar-refractivity contribution in [1.82, 2.24) is 0 Å². The van der Waals surface area contributed by atoms with Gasteiger partial charge in [0.1, 0.15) is 0 Å².